The predicted molar refractivity (Wildman–Crippen MR) is 94.2 cm³/mol. The lowest BCUT2D eigenvalue weighted by Crippen LogP contribution is -2.16. The van der Waals surface area contributed by atoms with E-state index >= 15 is 0 Å². The molecule has 0 atom stereocenters. The van der Waals surface area contributed by atoms with E-state index in [0.717, 1.165) is 30.5 Å². The Labute approximate surface area is 152 Å². The average Bonchev–Trinajstić information content (AvgIpc) is 2.65. The first-order valence-electron chi connectivity index (χ1n) is 8.56. The maximum atomic E-state index is 14.6. The Morgan fingerprint density at radius 2 is 1.74 bits per heavy atom. The van der Waals surface area contributed by atoms with Crippen LogP contribution in [-0.4, -0.2) is 18.2 Å². The molecule has 1 saturated heterocycles. The monoisotopic (exact) mass is 376 g/mol. The van der Waals surface area contributed by atoms with Crippen LogP contribution >= 0.6 is 0 Å². The number of nitrogens with zero attached hydrogens (tertiary/aromatic N) is 1. The number of nitrogens with two attached hydrogens (primary N) is 1. The van der Waals surface area contributed by atoms with Crippen molar-refractivity contribution >= 4 is 16.6 Å². The zero-order chi connectivity index (χ0) is 19.1. The molecular formula is C20H16F4N2O. The van der Waals surface area contributed by atoms with E-state index in [9.17, 15) is 17.6 Å². The van der Waals surface area contributed by atoms with E-state index in [1.807, 2.05) is 0 Å². The van der Waals surface area contributed by atoms with Crippen LogP contribution in [0, 0.1) is 23.3 Å². The van der Waals surface area contributed by atoms with E-state index in [0.29, 0.717) is 30.4 Å². The van der Waals surface area contributed by atoms with E-state index in [-0.39, 0.29) is 17.0 Å². The van der Waals surface area contributed by atoms with Crippen LogP contribution in [0.15, 0.2) is 30.5 Å². The summed E-state index contributed by atoms with van der Waals surface area (Å²) in [6.07, 6.45) is 2.85. The number of fused-ring (bicyclic) bond motifs is 1. The number of rotatable bonds is 2. The maximum Gasteiger partial charge on any atom is 0.167 e. The first kappa shape index (κ1) is 17.7. The van der Waals surface area contributed by atoms with Gasteiger partial charge in [-0.15, -0.1) is 0 Å². The molecule has 2 heterocycles. The van der Waals surface area contributed by atoms with Gasteiger partial charge in [0.05, 0.1) is 17.4 Å². The third kappa shape index (κ3) is 3.02. The highest BCUT2D eigenvalue weighted by Crippen LogP contribution is 2.40. The first-order valence-corrected chi connectivity index (χ1v) is 8.56. The molecule has 0 spiro atoms. The first-order chi connectivity index (χ1) is 13.0. The molecule has 7 heteroatoms. The van der Waals surface area contributed by atoms with Gasteiger partial charge in [0.1, 0.15) is 11.6 Å². The van der Waals surface area contributed by atoms with E-state index in [4.69, 9.17) is 10.5 Å². The van der Waals surface area contributed by atoms with Crippen molar-refractivity contribution in [2.45, 2.75) is 18.8 Å². The minimum atomic E-state index is -1.39. The molecule has 27 heavy (non-hydrogen) atoms. The molecule has 0 saturated carbocycles. The number of hydrogen-bond acceptors (Lipinski definition) is 3. The Morgan fingerprint density at radius 3 is 2.48 bits per heavy atom. The summed E-state index contributed by atoms with van der Waals surface area (Å²) in [6, 6.07) is 3.85. The van der Waals surface area contributed by atoms with Crippen LogP contribution in [0.2, 0.25) is 0 Å². The van der Waals surface area contributed by atoms with Gasteiger partial charge >= 0.3 is 0 Å². The number of ether oxygens (including phenoxy) is 1. The number of hydrogen-bond donors (Lipinski definition) is 1. The van der Waals surface area contributed by atoms with E-state index in [1.54, 1.807) is 0 Å². The molecule has 0 bridgehead atoms. The molecule has 3 nitrogen and oxygen atoms in total. The van der Waals surface area contributed by atoms with Crippen molar-refractivity contribution in [2.24, 2.45) is 0 Å². The summed E-state index contributed by atoms with van der Waals surface area (Å²) in [7, 11) is 0. The van der Waals surface area contributed by atoms with E-state index in [1.165, 1.54) is 12.3 Å². The van der Waals surface area contributed by atoms with Gasteiger partial charge in [-0.25, -0.2) is 17.6 Å². The molecule has 0 radical (unpaired) electrons. The number of benzene rings is 2. The Morgan fingerprint density at radius 1 is 1.00 bits per heavy atom. The van der Waals surface area contributed by atoms with Crippen molar-refractivity contribution in [3.8, 4) is 11.1 Å². The fourth-order valence-corrected chi connectivity index (χ4v) is 3.71. The Balaban J connectivity index is 2.02. The zero-order valence-corrected chi connectivity index (χ0v) is 14.2. The van der Waals surface area contributed by atoms with Crippen LogP contribution in [0.5, 0.6) is 0 Å². The Kier molecular flexibility index (Phi) is 4.47. The Hall–Kier alpha value is -2.67. The molecule has 1 aliphatic rings. The summed E-state index contributed by atoms with van der Waals surface area (Å²) in [4.78, 5) is 4.17. The summed E-state index contributed by atoms with van der Waals surface area (Å²) >= 11 is 0. The number of anilines is 1. The molecular weight excluding hydrogens is 360 g/mol. The molecule has 0 aliphatic carbocycles. The average molecular weight is 376 g/mol. The molecule has 1 aliphatic heterocycles. The van der Waals surface area contributed by atoms with E-state index < -0.39 is 28.8 Å². The lowest BCUT2D eigenvalue weighted by atomic mass is 9.87. The lowest BCUT2D eigenvalue weighted by molar-refractivity contribution is 0.0857. The second-order valence-electron chi connectivity index (χ2n) is 6.58. The normalized spacial score (nSPS) is 15.4. The van der Waals surface area contributed by atoms with Crippen molar-refractivity contribution in [3.05, 3.63) is 59.3 Å². The van der Waals surface area contributed by atoms with Gasteiger partial charge in [-0.2, -0.15) is 0 Å². The highest BCUT2D eigenvalue weighted by Gasteiger charge is 2.25. The van der Waals surface area contributed by atoms with Gasteiger partial charge in [0.2, 0.25) is 0 Å². The fraction of sp³-hybridized carbons (Fsp3) is 0.250. The fourth-order valence-electron chi connectivity index (χ4n) is 3.71. The van der Waals surface area contributed by atoms with Crippen LogP contribution in [0.1, 0.15) is 24.3 Å². The van der Waals surface area contributed by atoms with Gasteiger partial charge in [-0.3, -0.25) is 4.98 Å². The summed E-state index contributed by atoms with van der Waals surface area (Å²) in [5.41, 5.74) is 6.68. The molecule has 0 amide bonds. The zero-order valence-electron chi connectivity index (χ0n) is 14.2. The van der Waals surface area contributed by atoms with Crippen LogP contribution in [-0.2, 0) is 4.74 Å². The van der Waals surface area contributed by atoms with E-state index in [2.05, 4.69) is 4.98 Å². The molecule has 140 valence electrons. The SMILES string of the molecule is Nc1cnc2c(-c3cc(F)cc(F)c3F)c(F)ccc2c1C1CCOCC1. The van der Waals surface area contributed by atoms with Gasteiger partial charge < -0.3 is 10.5 Å². The molecule has 2 aromatic carbocycles. The highest BCUT2D eigenvalue weighted by molar-refractivity contribution is 5.98. The van der Waals surface area contributed by atoms with Gasteiger partial charge in [0.25, 0.3) is 0 Å². The minimum Gasteiger partial charge on any atom is -0.397 e. The van der Waals surface area contributed by atoms with Crippen LogP contribution < -0.4 is 5.73 Å². The summed E-state index contributed by atoms with van der Waals surface area (Å²) in [5.74, 6) is -4.45. The van der Waals surface area contributed by atoms with Gasteiger partial charge in [0.15, 0.2) is 11.6 Å². The van der Waals surface area contributed by atoms with Gasteiger partial charge in [-0.1, -0.05) is 0 Å². The third-order valence-electron chi connectivity index (χ3n) is 4.95. The summed E-state index contributed by atoms with van der Waals surface area (Å²) in [6.45, 7) is 1.15. The number of aromatic nitrogens is 1. The highest BCUT2D eigenvalue weighted by atomic mass is 19.2. The molecule has 3 aromatic rings. The standard InChI is InChI=1S/C20H16F4N2O/c21-11-7-13(19(24)15(23)8-11)18-14(22)2-1-12-17(10-3-5-27-6-4-10)16(25)9-26-20(12)18/h1-2,7-10H,3-6,25H2. The molecule has 1 aromatic heterocycles. The van der Waals surface area contributed by atoms with Crippen molar-refractivity contribution in [1.29, 1.82) is 0 Å². The molecule has 2 N–H and O–H groups in total. The molecule has 0 unspecified atom stereocenters. The third-order valence-corrected chi connectivity index (χ3v) is 4.95. The van der Waals surface area contributed by atoms with Gasteiger partial charge in [0, 0.05) is 35.8 Å². The molecule has 4 rings (SSSR count). The van der Waals surface area contributed by atoms with Crippen molar-refractivity contribution in [3.63, 3.8) is 0 Å². The number of nitrogen functional groups attached to an aromatic ring is 1. The summed E-state index contributed by atoms with van der Waals surface area (Å²) in [5, 5.41) is 0.544. The second kappa shape index (κ2) is 6.81. The second-order valence-corrected chi connectivity index (χ2v) is 6.58. The predicted octanol–water partition coefficient (Wildman–Crippen LogP) is 4.93. The van der Waals surface area contributed by atoms with Gasteiger partial charge in [-0.05, 0) is 42.5 Å². The number of halogens is 4. The van der Waals surface area contributed by atoms with Crippen LogP contribution in [0.25, 0.3) is 22.0 Å². The quantitative estimate of drug-likeness (QED) is 0.509. The van der Waals surface area contributed by atoms with Crippen molar-refractivity contribution in [2.75, 3.05) is 18.9 Å². The number of pyridine rings is 1. The summed E-state index contributed by atoms with van der Waals surface area (Å²) < 4.78 is 61.7. The largest absolute Gasteiger partial charge is 0.397 e. The molecule has 1 fully saturated rings. The lowest BCUT2D eigenvalue weighted by Gasteiger charge is -2.25. The Bertz CT molecular complexity index is 1030. The maximum absolute atomic E-state index is 14.6. The topological polar surface area (TPSA) is 48.1 Å². The van der Waals surface area contributed by atoms with Crippen LogP contribution in [0.4, 0.5) is 23.2 Å². The minimum absolute atomic E-state index is 0.0802. The van der Waals surface area contributed by atoms with Crippen molar-refractivity contribution in [1.82, 2.24) is 4.98 Å². The van der Waals surface area contributed by atoms with Crippen molar-refractivity contribution < 1.29 is 22.3 Å². The smallest absolute Gasteiger partial charge is 0.167 e. The van der Waals surface area contributed by atoms with Crippen LogP contribution in [0.3, 0.4) is 0 Å².